The van der Waals surface area contributed by atoms with Crippen LogP contribution in [0.1, 0.15) is 78.1 Å². The lowest BCUT2D eigenvalue weighted by molar-refractivity contribution is 0.0450. The Hall–Kier alpha value is 0.500. The molecule has 0 amide bonds. The minimum absolute atomic E-state index is 0.316. The third-order valence-electron chi connectivity index (χ3n) is 3.73. The molecule has 0 saturated carbocycles. The second-order valence-electron chi connectivity index (χ2n) is 5.99. The molecule has 0 aromatic rings. The Morgan fingerprint density at radius 1 is 0.591 bits per heavy atom. The van der Waals surface area contributed by atoms with Gasteiger partial charge in [-0.1, -0.05) is 39.5 Å². The summed E-state index contributed by atoms with van der Waals surface area (Å²) in [5, 5.41) is 0.631. The van der Waals surface area contributed by atoms with Crippen LogP contribution in [0, 0.1) is 0 Å². The Morgan fingerprint density at radius 2 is 0.955 bits per heavy atom. The molecule has 0 fully saturated rings. The standard InChI is InChI=1S/C18H36Cl2O2/c1-3-5-9-17(19)11-7-13-21-15-16-22-14-8-12-18(20)10-6-4-2/h17-18H,3-16H2,1-2H3. The predicted octanol–water partition coefficient (Wildman–Crippen LogP) is 6.18. The number of hydrogen-bond donors (Lipinski definition) is 0. The van der Waals surface area contributed by atoms with Crippen LogP contribution in [0.5, 0.6) is 0 Å². The molecular weight excluding hydrogens is 319 g/mol. The molecular formula is C18H36Cl2O2. The van der Waals surface area contributed by atoms with Crippen molar-refractivity contribution in [1.29, 1.82) is 0 Å². The molecule has 0 N–H and O–H groups in total. The first kappa shape index (κ1) is 22.5. The monoisotopic (exact) mass is 354 g/mol. The third-order valence-corrected chi connectivity index (χ3v) is 4.60. The molecule has 0 saturated heterocycles. The largest absolute Gasteiger partial charge is 0.379 e. The summed E-state index contributed by atoms with van der Waals surface area (Å²) in [5.41, 5.74) is 0. The van der Waals surface area contributed by atoms with E-state index in [1.807, 2.05) is 0 Å². The Labute approximate surface area is 148 Å². The minimum atomic E-state index is 0.316. The van der Waals surface area contributed by atoms with Crippen LogP contribution in [-0.4, -0.2) is 37.2 Å². The van der Waals surface area contributed by atoms with E-state index in [9.17, 15) is 0 Å². The van der Waals surface area contributed by atoms with Crippen LogP contribution in [0.2, 0.25) is 0 Å². The van der Waals surface area contributed by atoms with E-state index in [0.29, 0.717) is 24.0 Å². The van der Waals surface area contributed by atoms with Crippen molar-refractivity contribution in [1.82, 2.24) is 0 Å². The zero-order chi connectivity index (χ0) is 16.5. The van der Waals surface area contributed by atoms with Crippen molar-refractivity contribution in [2.24, 2.45) is 0 Å². The number of ether oxygens (including phenoxy) is 2. The summed E-state index contributed by atoms with van der Waals surface area (Å²) >= 11 is 12.4. The fourth-order valence-corrected chi connectivity index (χ4v) is 2.89. The SMILES string of the molecule is CCCCC(Cl)CCCOCCOCCCC(Cl)CCCC. The van der Waals surface area contributed by atoms with E-state index in [1.54, 1.807) is 0 Å². The smallest absolute Gasteiger partial charge is 0.0700 e. The normalized spacial score (nSPS) is 14.2. The molecule has 4 heteroatoms. The summed E-state index contributed by atoms with van der Waals surface area (Å²) in [6.45, 7) is 7.35. The van der Waals surface area contributed by atoms with Gasteiger partial charge < -0.3 is 9.47 Å². The summed E-state index contributed by atoms with van der Waals surface area (Å²) in [7, 11) is 0. The van der Waals surface area contributed by atoms with Crippen LogP contribution in [0.25, 0.3) is 0 Å². The molecule has 2 atom stereocenters. The fraction of sp³-hybridized carbons (Fsp3) is 1.00. The van der Waals surface area contributed by atoms with Gasteiger partial charge in [0.1, 0.15) is 0 Å². The van der Waals surface area contributed by atoms with Crippen molar-refractivity contribution in [3.8, 4) is 0 Å². The molecule has 134 valence electrons. The first-order valence-corrected chi connectivity index (χ1v) is 10.0. The van der Waals surface area contributed by atoms with Gasteiger partial charge in [-0.3, -0.25) is 0 Å². The molecule has 0 aliphatic heterocycles. The van der Waals surface area contributed by atoms with Gasteiger partial charge in [-0.15, -0.1) is 23.2 Å². The van der Waals surface area contributed by atoms with E-state index in [2.05, 4.69) is 13.8 Å². The lowest BCUT2D eigenvalue weighted by atomic mass is 10.1. The van der Waals surface area contributed by atoms with Gasteiger partial charge in [0.2, 0.25) is 0 Å². The number of hydrogen-bond acceptors (Lipinski definition) is 2. The van der Waals surface area contributed by atoms with Gasteiger partial charge in [0.15, 0.2) is 0 Å². The fourth-order valence-electron chi connectivity index (χ4n) is 2.28. The molecule has 0 aromatic carbocycles. The van der Waals surface area contributed by atoms with E-state index in [-0.39, 0.29) is 0 Å². The van der Waals surface area contributed by atoms with Gasteiger partial charge in [0.25, 0.3) is 0 Å². The summed E-state index contributed by atoms with van der Waals surface area (Å²) in [6, 6.07) is 0. The van der Waals surface area contributed by atoms with Gasteiger partial charge in [-0.2, -0.15) is 0 Å². The van der Waals surface area contributed by atoms with Gasteiger partial charge in [-0.25, -0.2) is 0 Å². The molecule has 0 aromatic heterocycles. The van der Waals surface area contributed by atoms with Crippen molar-refractivity contribution in [2.75, 3.05) is 26.4 Å². The zero-order valence-electron chi connectivity index (χ0n) is 14.6. The van der Waals surface area contributed by atoms with Gasteiger partial charge in [0.05, 0.1) is 13.2 Å². The van der Waals surface area contributed by atoms with Gasteiger partial charge in [-0.05, 0) is 38.5 Å². The molecule has 2 nitrogen and oxygen atoms in total. The van der Waals surface area contributed by atoms with Crippen LogP contribution >= 0.6 is 23.2 Å². The van der Waals surface area contributed by atoms with Gasteiger partial charge >= 0.3 is 0 Å². The molecule has 0 spiro atoms. The van der Waals surface area contributed by atoms with Crippen LogP contribution in [0.3, 0.4) is 0 Å². The predicted molar refractivity (Wildman–Crippen MR) is 98.4 cm³/mol. The Balaban J connectivity index is 3.14. The Bertz CT molecular complexity index is 193. The quantitative estimate of drug-likeness (QED) is 0.229. The lowest BCUT2D eigenvalue weighted by Gasteiger charge is -2.10. The second-order valence-corrected chi connectivity index (χ2v) is 7.22. The van der Waals surface area contributed by atoms with E-state index in [0.717, 1.165) is 51.7 Å². The Morgan fingerprint density at radius 3 is 1.32 bits per heavy atom. The molecule has 2 unspecified atom stereocenters. The van der Waals surface area contributed by atoms with Crippen molar-refractivity contribution >= 4 is 23.2 Å². The maximum absolute atomic E-state index is 6.22. The van der Waals surface area contributed by atoms with Crippen LogP contribution in [-0.2, 0) is 9.47 Å². The number of rotatable bonds is 17. The highest BCUT2D eigenvalue weighted by molar-refractivity contribution is 6.20. The summed E-state index contributed by atoms with van der Waals surface area (Å²) < 4.78 is 11.1. The first-order valence-electron chi connectivity index (χ1n) is 9.14. The first-order chi connectivity index (χ1) is 10.7. The molecule has 0 aliphatic carbocycles. The molecule has 0 radical (unpaired) electrons. The lowest BCUT2D eigenvalue weighted by Crippen LogP contribution is -2.08. The maximum atomic E-state index is 6.22. The molecule has 0 rings (SSSR count). The summed E-state index contributed by atoms with van der Waals surface area (Å²) in [4.78, 5) is 0. The molecule has 22 heavy (non-hydrogen) atoms. The molecule has 0 bridgehead atoms. The highest BCUT2D eigenvalue weighted by Crippen LogP contribution is 2.14. The average Bonchev–Trinajstić information content (AvgIpc) is 2.52. The summed E-state index contributed by atoms with van der Waals surface area (Å²) in [5.74, 6) is 0. The number of halogens is 2. The number of alkyl halides is 2. The van der Waals surface area contributed by atoms with Crippen LogP contribution < -0.4 is 0 Å². The molecule has 0 aliphatic rings. The van der Waals surface area contributed by atoms with Crippen LogP contribution in [0.4, 0.5) is 0 Å². The van der Waals surface area contributed by atoms with Crippen LogP contribution in [0.15, 0.2) is 0 Å². The van der Waals surface area contributed by atoms with E-state index in [1.165, 1.54) is 25.7 Å². The van der Waals surface area contributed by atoms with Crippen molar-refractivity contribution in [3.63, 3.8) is 0 Å². The van der Waals surface area contributed by atoms with Crippen molar-refractivity contribution in [2.45, 2.75) is 88.8 Å². The maximum Gasteiger partial charge on any atom is 0.0700 e. The van der Waals surface area contributed by atoms with E-state index < -0.39 is 0 Å². The topological polar surface area (TPSA) is 18.5 Å². The molecule has 0 heterocycles. The highest BCUT2D eigenvalue weighted by atomic mass is 35.5. The van der Waals surface area contributed by atoms with E-state index >= 15 is 0 Å². The highest BCUT2D eigenvalue weighted by Gasteiger charge is 2.04. The van der Waals surface area contributed by atoms with Gasteiger partial charge in [0, 0.05) is 24.0 Å². The zero-order valence-corrected chi connectivity index (χ0v) is 16.1. The third kappa shape index (κ3) is 16.9. The Kier molecular flexibility index (Phi) is 18.3. The number of unbranched alkanes of at least 4 members (excludes halogenated alkanes) is 2. The van der Waals surface area contributed by atoms with Crippen molar-refractivity contribution in [3.05, 3.63) is 0 Å². The van der Waals surface area contributed by atoms with Crippen molar-refractivity contribution < 1.29 is 9.47 Å². The van der Waals surface area contributed by atoms with E-state index in [4.69, 9.17) is 32.7 Å². The minimum Gasteiger partial charge on any atom is -0.379 e. The average molecular weight is 355 g/mol. The second kappa shape index (κ2) is 17.8. The summed E-state index contributed by atoms with van der Waals surface area (Å²) in [6.07, 6.45) is 11.3.